The lowest BCUT2D eigenvalue weighted by atomic mass is 10.1. The lowest BCUT2D eigenvalue weighted by molar-refractivity contribution is 0.0697. The van der Waals surface area contributed by atoms with Crippen molar-refractivity contribution >= 4 is 33.5 Å². The van der Waals surface area contributed by atoms with Crippen LogP contribution in [0.3, 0.4) is 0 Å². The van der Waals surface area contributed by atoms with Gasteiger partial charge in [0, 0.05) is 5.33 Å². The zero-order valence-corrected chi connectivity index (χ0v) is 9.32. The van der Waals surface area contributed by atoms with Crippen LogP contribution < -0.4 is 0 Å². The van der Waals surface area contributed by atoms with Gasteiger partial charge in [0.2, 0.25) is 0 Å². The highest BCUT2D eigenvalue weighted by Gasteiger charge is 2.13. The summed E-state index contributed by atoms with van der Waals surface area (Å²) in [5.41, 5.74) is 1.98. The second kappa shape index (κ2) is 4.11. The minimum Gasteiger partial charge on any atom is -0.478 e. The van der Waals surface area contributed by atoms with Gasteiger partial charge in [-0.3, -0.25) is 0 Å². The fourth-order valence-electron chi connectivity index (χ4n) is 1.05. The molecule has 0 radical (unpaired) electrons. The molecular formula is C9H8BrClO2. The Bertz CT molecular complexity index is 350. The number of aromatic carboxylic acids is 1. The van der Waals surface area contributed by atoms with E-state index in [0.29, 0.717) is 10.4 Å². The maximum atomic E-state index is 10.7. The van der Waals surface area contributed by atoms with E-state index in [2.05, 4.69) is 15.9 Å². The molecule has 0 heterocycles. The number of carboxylic acid groups (broad SMARTS) is 1. The highest BCUT2D eigenvalue weighted by atomic mass is 79.9. The van der Waals surface area contributed by atoms with Crippen LogP contribution in [0, 0.1) is 6.92 Å². The van der Waals surface area contributed by atoms with Gasteiger partial charge in [-0.2, -0.15) is 0 Å². The van der Waals surface area contributed by atoms with Crippen LogP contribution in [0.15, 0.2) is 12.1 Å². The maximum Gasteiger partial charge on any atom is 0.337 e. The molecule has 1 N–H and O–H groups in total. The molecule has 2 nitrogen and oxygen atoms in total. The van der Waals surface area contributed by atoms with Crippen molar-refractivity contribution in [1.82, 2.24) is 0 Å². The first-order chi connectivity index (χ1) is 6.07. The van der Waals surface area contributed by atoms with Crippen molar-refractivity contribution in [2.24, 2.45) is 0 Å². The quantitative estimate of drug-likeness (QED) is 0.832. The highest BCUT2D eigenvalue weighted by Crippen LogP contribution is 2.26. The summed E-state index contributed by atoms with van der Waals surface area (Å²) in [4.78, 5) is 10.7. The number of aryl methyl sites for hydroxylation is 1. The smallest absolute Gasteiger partial charge is 0.337 e. The first-order valence-electron chi connectivity index (χ1n) is 3.65. The number of carboxylic acids is 1. The molecule has 0 bridgehead atoms. The maximum absolute atomic E-state index is 10.7. The van der Waals surface area contributed by atoms with Crippen molar-refractivity contribution < 1.29 is 9.90 Å². The van der Waals surface area contributed by atoms with Gasteiger partial charge in [0.1, 0.15) is 0 Å². The molecule has 0 aromatic heterocycles. The first kappa shape index (κ1) is 10.5. The molecular weight excluding hydrogens is 255 g/mol. The summed E-state index contributed by atoms with van der Waals surface area (Å²) in [5.74, 6) is -0.993. The topological polar surface area (TPSA) is 37.3 Å². The predicted molar refractivity (Wildman–Crippen MR) is 55.8 cm³/mol. The highest BCUT2D eigenvalue weighted by molar-refractivity contribution is 9.08. The SMILES string of the molecule is Cc1ccc(C(=O)O)c(Cl)c1CBr. The zero-order chi connectivity index (χ0) is 10.0. The molecule has 0 fully saturated rings. The van der Waals surface area contributed by atoms with Gasteiger partial charge in [0.15, 0.2) is 0 Å². The Morgan fingerprint density at radius 1 is 1.62 bits per heavy atom. The molecule has 0 saturated heterocycles. The number of halogens is 2. The molecule has 0 spiro atoms. The van der Waals surface area contributed by atoms with Crippen LogP contribution in [-0.4, -0.2) is 11.1 Å². The Hall–Kier alpha value is -0.540. The summed E-state index contributed by atoms with van der Waals surface area (Å²) in [6.45, 7) is 1.90. The van der Waals surface area contributed by atoms with Crippen LogP contribution >= 0.6 is 27.5 Å². The summed E-state index contributed by atoms with van der Waals surface area (Å²) >= 11 is 9.16. The summed E-state index contributed by atoms with van der Waals surface area (Å²) < 4.78 is 0. The third kappa shape index (κ3) is 2.03. The number of hydrogen-bond acceptors (Lipinski definition) is 1. The van der Waals surface area contributed by atoms with Crippen molar-refractivity contribution in [2.75, 3.05) is 0 Å². The van der Waals surface area contributed by atoms with Crippen molar-refractivity contribution in [3.8, 4) is 0 Å². The van der Waals surface area contributed by atoms with E-state index in [-0.39, 0.29) is 5.56 Å². The normalized spacial score (nSPS) is 10.1. The molecule has 0 unspecified atom stereocenters. The van der Waals surface area contributed by atoms with Gasteiger partial charge in [-0.15, -0.1) is 0 Å². The molecule has 4 heteroatoms. The standard InChI is InChI=1S/C9H8BrClO2/c1-5-2-3-6(9(12)13)8(11)7(5)4-10/h2-3H,4H2,1H3,(H,12,13). The van der Waals surface area contributed by atoms with E-state index in [1.54, 1.807) is 6.07 Å². The van der Waals surface area contributed by atoms with E-state index >= 15 is 0 Å². The first-order valence-corrected chi connectivity index (χ1v) is 5.15. The van der Waals surface area contributed by atoms with Crippen LogP contribution in [0.2, 0.25) is 5.02 Å². The van der Waals surface area contributed by atoms with E-state index in [1.165, 1.54) is 6.07 Å². The van der Waals surface area contributed by atoms with E-state index in [1.807, 2.05) is 6.92 Å². The third-order valence-corrected chi connectivity index (χ3v) is 2.83. The largest absolute Gasteiger partial charge is 0.478 e. The molecule has 0 saturated carbocycles. The molecule has 1 aromatic carbocycles. The van der Waals surface area contributed by atoms with E-state index in [4.69, 9.17) is 16.7 Å². The van der Waals surface area contributed by atoms with Crippen LogP contribution in [0.1, 0.15) is 21.5 Å². The fourth-order valence-corrected chi connectivity index (χ4v) is 2.29. The number of alkyl halides is 1. The summed E-state index contributed by atoms with van der Waals surface area (Å²) in [7, 11) is 0. The minimum absolute atomic E-state index is 0.154. The molecule has 1 aromatic rings. The average Bonchev–Trinajstić information content (AvgIpc) is 2.04. The fraction of sp³-hybridized carbons (Fsp3) is 0.222. The second-order valence-electron chi connectivity index (χ2n) is 2.66. The van der Waals surface area contributed by atoms with Crippen molar-refractivity contribution in [2.45, 2.75) is 12.3 Å². The zero-order valence-electron chi connectivity index (χ0n) is 6.97. The Kier molecular flexibility index (Phi) is 3.33. The Labute approximate surface area is 89.7 Å². The summed E-state index contributed by atoms with van der Waals surface area (Å²) in [5, 5.41) is 9.67. The monoisotopic (exact) mass is 262 g/mol. The van der Waals surface area contributed by atoms with Crippen LogP contribution in [0.4, 0.5) is 0 Å². The third-order valence-electron chi connectivity index (χ3n) is 1.84. The number of rotatable bonds is 2. The number of carbonyl (C=O) groups is 1. The van der Waals surface area contributed by atoms with Gasteiger partial charge in [0.05, 0.1) is 10.6 Å². The number of hydrogen-bond donors (Lipinski definition) is 1. The van der Waals surface area contributed by atoms with Crippen LogP contribution in [-0.2, 0) is 5.33 Å². The van der Waals surface area contributed by atoms with Gasteiger partial charge in [-0.25, -0.2) is 4.79 Å². The van der Waals surface area contributed by atoms with E-state index < -0.39 is 5.97 Å². The second-order valence-corrected chi connectivity index (χ2v) is 3.60. The Balaban J connectivity index is 3.35. The molecule has 0 aliphatic heterocycles. The molecule has 1 rings (SSSR count). The van der Waals surface area contributed by atoms with Gasteiger partial charge in [-0.05, 0) is 24.1 Å². The van der Waals surface area contributed by atoms with Crippen LogP contribution in [0.5, 0.6) is 0 Å². The van der Waals surface area contributed by atoms with E-state index in [0.717, 1.165) is 11.1 Å². The van der Waals surface area contributed by atoms with Gasteiger partial charge < -0.3 is 5.11 Å². The van der Waals surface area contributed by atoms with Crippen molar-refractivity contribution in [3.63, 3.8) is 0 Å². The lowest BCUT2D eigenvalue weighted by Gasteiger charge is -2.07. The van der Waals surface area contributed by atoms with Crippen molar-refractivity contribution in [1.29, 1.82) is 0 Å². The van der Waals surface area contributed by atoms with Gasteiger partial charge in [-0.1, -0.05) is 33.6 Å². The number of benzene rings is 1. The lowest BCUT2D eigenvalue weighted by Crippen LogP contribution is -2.00. The molecule has 0 amide bonds. The molecule has 0 atom stereocenters. The van der Waals surface area contributed by atoms with Crippen molar-refractivity contribution in [3.05, 3.63) is 33.8 Å². The molecule has 0 aliphatic rings. The van der Waals surface area contributed by atoms with Crippen LogP contribution in [0.25, 0.3) is 0 Å². The molecule has 13 heavy (non-hydrogen) atoms. The van der Waals surface area contributed by atoms with Gasteiger partial charge >= 0.3 is 5.97 Å². The van der Waals surface area contributed by atoms with E-state index in [9.17, 15) is 4.79 Å². The predicted octanol–water partition coefficient (Wildman–Crippen LogP) is 3.24. The average molecular weight is 264 g/mol. The Morgan fingerprint density at radius 3 is 2.69 bits per heavy atom. The minimum atomic E-state index is -0.993. The molecule has 70 valence electrons. The molecule has 0 aliphatic carbocycles. The summed E-state index contributed by atoms with van der Waals surface area (Å²) in [6.07, 6.45) is 0. The Morgan fingerprint density at radius 2 is 2.23 bits per heavy atom. The summed E-state index contributed by atoms with van der Waals surface area (Å²) in [6, 6.07) is 3.28. The van der Waals surface area contributed by atoms with Gasteiger partial charge in [0.25, 0.3) is 0 Å².